The quantitative estimate of drug-likeness (QED) is 0.567. The van der Waals surface area contributed by atoms with Crippen LogP contribution in [0.2, 0.25) is 0 Å². The van der Waals surface area contributed by atoms with Crippen molar-refractivity contribution < 1.29 is 53.1 Å². The van der Waals surface area contributed by atoms with Crippen LogP contribution in [0.15, 0.2) is 0 Å². The first-order valence-electron chi connectivity index (χ1n) is 3.72. The largest absolute Gasteiger partial charge is 0.461 e. The highest BCUT2D eigenvalue weighted by molar-refractivity contribution is 6.25. The summed E-state index contributed by atoms with van der Waals surface area (Å²) in [4.78, 5) is 10.3. The second kappa shape index (κ2) is 4.35. The van der Waals surface area contributed by atoms with Crippen LogP contribution in [-0.2, 0) is 4.79 Å². The molecule has 0 fully saturated rings. The van der Waals surface area contributed by atoms with Gasteiger partial charge in [-0.05, 0) is 11.6 Å². The van der Waals surface area contributed by atoms with Crippen LogP contribution >= 0.6 is 11.6 Å². The summed E-state index contributed by atoms with van der Waals surface area (Å²) in [5.74, 6) is -11.8. The molecular formula is C6ClF11O. The van der Waals surface area contributed by atoms with Crippen molar-refractivity contribution in [3.8, 4) is 0 Å². The third-order valence-electron chi connectivity index (χ3n) is 1.74. The van der Waals surface area contributed by atoms with Gasteiger partial charge in [0.1, 0.15) is 0 Å². The lowest BCUT2D eigenvalue weighted by molar-refractivity contribution is -0.304. The first-order valence-corrected chi connectivity index (χ1v) is 4.10. The van der Waals surface area contributed by atoms with Crippen molar-refractivity contribution in [3.63, 3.8) is 0 Å². The molecule has 0 aromatic heterocycles. The number of rotatable bonds is 3. The summed E-state index contributed by atoms with van der Waals surface area (Å²) in [6.07, 6.45) is -14.1. The number of carbonyl (C=O) groups excluding carboxylic acids is 1. The topological polar surface area (TPSA) is 17.1 Å². The third-order valence-corrected chi connectivity index (χ3v) is 2.00. The number of hydrogen-bond donors (Lipinski definition) is 0. The molecule has 0 amide bonds. The summed E-state index contributed by atoms with van der Waals surface area (Å²) in [5, 5.41) is -6.36. The van der Waals surface area contributed by atoms with Gasteiger partial charge in [-0.2, -0.15) is 43.9 Å². The van der Waals surface area contributed by atoms with Gasteiger partial charge < -0.3 is 0 Å². The predicted octanol–water partition coefficient (Wildman–Crippen LogP) is 3.86. The van der Waals surface area contributed by atoms with Crippen molar-refractivity contribution in [1.29, 1.82) is 0 Å². The maximum Gasteiger partial charge on any atom is 0.461 e. The maximum absolute atomic E-state index is 12.9. The van der Waals surface area contributed by atoms with Crippen molar-refractivity contribution >= 4 is 17.4 Å². The lowest BCUT2D eigenvalue weighted by Gasteiger charge is -2.32. The third kappa shape index (κ3) is 2.72. The SMILES string of the molecule is O=C(C(F)(F)C(F)(F)F)C(F)(C(F)(F)F)C(F)(F)Cl. The summed E-state index contributed by atoms with van der Waals surface area (Å²) in [7, 11) is 0. The van der Waals surface area contributed by atoms with E-state index in [1.54, 1.807) is 0 Å². The molecule has 0 aliphatic carbocycles. The van der Waals surface area contributed by atoms with Gasteiger partial charge in [-0.3, -0.25) is 4.79 Å². The molecule has 13 heteroatoms. The fourth-order valence-electron chi connectivity index (χ4n) is 0.763. The highest BCUT2D eigenvalue weighted by atomic mass is 35.5. The van der Waals surface area contributed by atoms with Gasteiger partial charge in [0, 0.05) is 0 Å². The van der Waals surface area contributed by atoms with Gasteiger partial charge >= 0.3 is 29.3 Å². The van der Waals surface area contributed by atoms with E-state index in [4.69, 9.17) is 0 Å². The zero-order valence-electron chi connectivity index (χ0n) is 7.94. The maximum atomic E-state index is 12.9. The molecule has 0 aromatic rings. The summed E-state index contributed by atoms with van der Waals surface area (Å²) >= 11 is 3.53. The number of carbonyl (C=O) groups is 1. The minimum absolute atomic E-state index is 3.53. The minimum Gasteiger partial charge on any atom is -0.288 e. The smallest absolute Gasteiger partial charge is 0.288 e. The van der Waals surface area contributed by atoms with Gasteiger partial charge in [0.05, 0.1) is 0 Å². The van der Waals surface area contributed by atoms with E-state index in [9.17, 15) is 53.1 Å². The average molecular weight is 332 g/mol. The molecule has 0 spiro atoms. The lowest BCUT2D eigenvalue weighted by atomic mass is 9.94. The Morgan fingerprint density at radius 1 is 0.684 bits per heavy atom. The van der Waals surface area contributed by atoms with E-state index >= 15 is 0 Å². The average Bonchev–Trinajstić information content (AvgIpc) is 2.09. The summed E-state index contributed by atoms with van der Waals surface area (Å²) in [5.41, 5.74) is -6.90. The highest BCUT2D eigenvalue weighted by Gasteiger charge is 2.83. The normalized spacial score (nSPS) is 18.1. The number of alkyl halides is 12. The van der Waals surface area contributed by atoms with Crippen LogP contribution in [0, 0.1) is 0 Å². The molecule has 0 N–H and O–H groups in total. The van der Waals surface area contributed by atoms with Crippen molar-refractivity contribution in [2.24, 2.45) is 0 Å². The Balaban J connectivity index is 6.06. The summed E-state index contributed by atoms with van der Waals surface area (Å²) in [6, 6.07) is 0. The molecule has 0 saturated carbocycles. The standard InChI is InChI=1S/C6ClF11O/c7-4(11,12)2(8,5(13,14)15)1(19)3(9,10)6(16,17)18. The van der Waals surface area contributed by atoms with Crippen LogP contribution in [-0.4, -0.2) is 35.1 Å². The minimum atomic E-state index is -7.09. The Morgan fingerprint density at radius 3 is 1.16 bits per heavy atom. The zero-order chi connectivity index (χ0) is 16.1. The van der Waals surface area contributed by atoms with Crippen LogP contribution in [0.3, 0.4) is 0 Å². The van der Waals surface area contributed by atoms with Gasteiger partial charge in [0.2, 0.25) is 0 Å². The number of hydrogen-bond acceptors (Lipinski definition) is 1. The van der Waals surface area contributed by atoms with E-state index in [1.165, 1.54) is 0 Å². The van der Waals surface area contributed by atoms with Gasteiger partial charge in [-0.25, -0.2) is 4.39 Å². The van der Waals surface area contributed by atoms with Gasteiger partial charge in [-0.1, -0.05) is 0 Å². The van der Waals surface area contributed by atoms with E-state index in [0.717, 1.165) is 0 Å². The molecule has 0 heterocycles. The van der Waals surface area contributed by atoms with E-state index in [-0.39, 0.29) is 0 Å². The van der Waals surface area contributed by atoms with Gasteiger partial charge in [0.25, 0.3) is 5.78 Å². The molecule has 0 aliphatic rings. The van der Waals surface area contributed by atoms with Crippen LogP contribution in [0.1, 0.15) is 0 Å². The van der Waals surface area contributed by atoms with Crippen LogP contribution in [0.5, 0.6) is 0 Å². The first-order chi connectivity index (χ1) is 7.90. The van der Waals surface area contributed by atoms with E-state index in [1.807, 2.05) is 0 Å². The molecule has 19 heavy (non-hydrogen) atoms. The van der Waals surface area contributed by atoms with E-state index in [2.05, 4.69) is 11.6 Å². The molecule has 0 bridgehead atoms. The van der Waals surface area contributed by atoms with Gasteiger partial charge in [-0.15, -0.1) is 0 Å². The van der Waals surface area contributed by atoms with Crippen LogP contribution in [0.4, 0.5) is 48.3 Å². The molecule has 1 unspecified atom stereocenters. The second-order valence-electron chi connectivity index (χ2n) is 3.06. The molecule has 1 atom stereocenters. The van der Waals surface area contributed by atoms with E-state index in [0.29, 0.717) is 0 Å². The summed E-state index contributed by atoms with van der Waals surface area (Å²) < 4.78 is 132. The Hall–Kier alpha value is -0.810. The van der Waals surface area contributed by atoms with Crippen molar-refractivity contribution in [2.45, 2.75) is 29.3 Å². The molecule has 0 aromatic carbocycles. The Bertz CT molecular complexity index is 347. The van der Waals surface area contributed by atoms with Gasteiger partial charge in [0.15, 0.2) is 0 Å². The lowest BCUT2D eigenvalue weighted by Crippen LogP contribution is -2.65. The number of Topliss-reactive ketones (excluding diaryl/α,β-unsaturated/α-hetero) is 1. The summed E-state index contributed by atoms with van der Waals surface area (Å²) in [6.45, 7) is 0. The van der Waals surface area contributed by atoms with Crippen LogP contribution in [0.25, 0.3) is 0 Å². The molecule has 114 valence electrons. The van der Waals surface area contributed by atoms with Crippen molar-refractivity contribution in [1.82, 2.24) is 0 Å². The molecule has 0 aliphatic heterocycles. The van der Waals surface area contributed by atoms with E-state index < -0.39 is 35.1 Å². The fraction of sp³-hybridized carbons (Fsp3) is 0.833. The zero-order valence-corrected chi connectivity index (χ0v) is 8.70. The van der Waals surface area contributed by atoms with Crippen LogP contribution < -0.4 is 0 Å². The highest BCUT2D eigenvalue weighted by Crippen LogP contribution is 2.52. The molecule has 0 rings (SSSR count). The van der Waals surface area contributed by atoms with Crippen molar-refractivity contribution in [2.75, 3.05) is 0 Å². The number of halogens is 12. The molecular weight excluding hydrogens is 332 g/mol. The first kappa shape index (κ1) is 18.2. The predicted molar refractivity (Wildman–Crippen MR) is 36.7 cm³/mol. The fourth-order valence-corrected chi connectivity index (χ4v) is 0.956. The van der Waals surface area contributed by atoms with Crippen molar-refractivity contribution in [3.05, 3.63) is 0 Å². The monoisotopic (exact) mass is 332 g/mol. The molecule has 0 radical (unpaired) electrons. The Kier molecular flexibility index (Phi) is 4.16. The Morgan fingerprint density at radius 2 is 1.00 bits per heavy atom. The number of ketones is 1. The molecule has 0 saturated heterocycles. The Labute approximate surface area is 101 Å². The second-order valence-corrected chi connectivity index (χ2v) is 3.53. The molecule has 1 nitrogen and oxygen atoms in total.